The second-order valence-electron chi connectivity index (χ2n) is 6.87. The lowest BCUT2D eigenvalue weighted by molar-refractivity contribution is -0.181. The number of rotatable bonds is 3. The van der Waals surface area contributed by atoms with Gasteiger partial charge in [0.15, 0.2) is 0 Å². The van der Waals surface area contributed by atoms with E-state index in [1.807, 2.05) is 12.5 Å². The van der Waals surface area contributed by atoms with Crippen LogP contribution in [0, 0.1) is 11.3 Å². The fourth-order valence-corrected chi connectivity index (χ4v) is 4.40. The molecule has 1 atom stereocenters. The molecule has 1 saturated heterocycles. The molecule has 0 spiro atoms. The van der Waals surface area contributed by atoms with Gasteiger partial charge in [0.25, 0.3) is 0 Å². The van der Waals surface area contributed by atoms with E-state index in [4.69, 9.17) is 0 Å². The van der Waals surface area contributed by atoms with Gasteiger partial charge in [0, 0.05) is 13.1 Å². The topological polar surface area (TPSA) is 38.1 Å². The molecular formula is C16H23N3O. The number of imidazole rings is 1. The van der Waals surface area contributed by atoms with Gasteiger partial charge in [-0.1, -0.05) is 0 Å². The first-order valence-electron chi connectivity index (χ1n) is 8.04. The van der Waals surface area contributed by atoms with Gasteiger partial charge in [-0.05, 0) is 51.4 Å². The number of likely N-dealkylation sites (tertiary alicyclic amines) is 1. The maximum Gasteiger partial charge on any atom is 0.229 e. The molecule has 20 heavy (non-hydrogen) atoms. The minimum atomic E-state index is 0.0529. The smallest absolute Gasteiger partial charge is 0.229 e. The van der Waals surface area contributed by atoms with Crippen LogP contribution in [0.15, 0.2) is 12.5 Å². The highest BCUT2D eigenvalue weighted by atomic mass is 16.2. The second kappa shape index (κ2) is 4.34. The summed E-state index contributed by atoms with van der Waals surface area (Å²) in [7, 11) is 0. The van der Waals surface area contributed by atoms with Crippen LogP contribution in [-0.4, -0.2) is 26.9 Å². The van der Waals surface area contributed by atoms with Crippen LogP contribution < -0.4 is 0 Å². The Labute approximate surface area is 120 Å². The molecule has 108 valence electrons. The zero-order chi connectivity index (χ0) is 13.7. The Morgan fingerprint density at radius 3 is 2.85 bits per heavy atom. The summed E-state index contributed by atoms with van der Waals surface area (Å²) in [5, 5.41) is 0. The summed E-state index contributed by atoms with van der Waals surface area (Å²) in [5.74, 6) is 1.30. The third-order valence-electron chi connectivity index (χ3n) is 5.68. The van der Waals surface area contributed by atoms with Crippen LogP contribution in [0.3, 0.4) is 0 Å². The number of piperidine rings is 1. The Bertz CT molecular complexity index is 519. The standard InChI is InChI=1S/C16H23N3O/c1-2-18-11-17-10-14(18)13-5-3-4-6-19(13)15(20)16-7-12(8-16)9-16/h10-13H,2-9H2,1H3/t12?,13-,16?/m0/s1. The van der Waals surface area contributed by atoms with Gasteiger partial charge in [-0.15, -0.1) is 0 Å². The molecule has 4 fully saturated rings. The quantitative estimate of drug-likeness (QED) is 0.849. The van der Waals surface area contributed by atoms with E-state index in [2.05, 4.69) is 21.4 Å². The highest BCUT2D eigenvalue weighted by Crippen LogP contribution is 2.65. The molecule has 5 rings (SSSR count). The molecule has 1 amide bonds. The Kier molecular flexibility index (Phi) is 2.69. The highest BCUT2D eigenvalue weighted by molar-refractivity contribution is 5.86. The highest BCUT2D eigenvalue weighted by Gasteiger charge is 2.62. The van der Waals surface area contributed by atoms with Gasteiger partial charge in [-0.3, -0.25) is 4.79 Å². The lowest BCUT2D eigenvalue weighted by Gasteiger charge is -2.62. The number of amides is 1. The number of hydrogen-bond donors (Lipinski definition) is 0. The van der Waals surface area contributed by atoms with Crippen LogP contribution in [0.5, 0.6) is 0 Å². The van der Waals surface area contributed by atoms with Gasteiger partial charge in [-0.25, -0.2) is 4.98 Å². The molecule has 4 nitrogen and oxygen atoms in total. The number of nitrogens with zero attached hydrogens (tertiary/aromatic N) is 3. The number of aryl methyl sites for hydroxylation is 1. The summed E-state index contributed by atoms with van der Waals surface area (Å²) in [5.41, 5.74) is 1.28. The van der Waals surface area contributed by atoms with E-state index in [-0.39, 0.29) is 11.5 Å². The van der Waals surface area contributed by atoms with E-state index >= 15 is 0 Å². The lowest BCUT2D eigenvalue weighted by atomic mass is 9.44. The molecule has 0 aromatic carbocycles. The van der Waals surface area contributed by atoms with Crippen LogP contribution in [0.4, 0.5) is 0 Å². The molecule has 3 saturated carbocycles. The zero-order valence-electron chi connectivity index (χ0n) is 12.2. The van der Waals surface area contributed by atoms with Crippen molar-refractivity contribution in [2.45, 2.75) is 58.0 Å². The largest absolute Gasteiger partial charge is 0.334 e. The van der Waals surface area contributed by atoms with Crippen molar-refractivity contribution in [3.8, 4) is 0 Å². The number of carbonyl (C=O) groups excluding carboxylic acids is 1. The molecule has 4 aliphatic rings. The molecule has 2 bridgehead atoms. The molecule has 1 aromatic heterocycles. The van der Waals surface area contributed by atoms with E-state index < -0.39 is 0 Å². The number of carbonyl (C=O) groups is 1. The van der Waals surface area contributed by atoms with Crippen molar-refractivity contribution < 1.29 is 4.79 Å². The number of hydrogen-bond acceptors (Lipinski definition) is 2. The van der Waals surface area contributed by atoms with Crippen LogP contribution >= 0.6 is 0 Å². The van der Waals surface area contributed by atoms with E-state index in [1.54, 1.807) is 0 Å². The minimum Gasteiger partial charge on any atom is -0.334 e. The summed E-state index contributed by atoms with van der Waals surface area (Å²) >= 11 is 0. The van der Waals surface area contributed by atoms with Gasteiger partial charge >= 0.3 is 0 Å². The van der Waals surface area contributed by atoms with Crippen LogP contribution in [0.2, 0.25) is 0 Å². The molecule has 0 unspecified atom stereocenters. The predicted octanol–water partition coefficient (Wildman–Crippen LogP) is 2.76. The van der Waals surface area contributed by atoms with E-state index in [0.717, 1.165) is 51.1 Å². The van der Waals surface area contributed by atoms with Crippen molar-refractivity contribution >= 4 is 5.91 Å². The normalized spacial score (nSPS) is 35.4. The summed E-state index contributed by atoms with van der Waals surface area (Å²) in [6, 6.07) is 0.257. The van der Waals surface area contributed by atoms with E-state index in [9.17, 15) is 4.79 Å². The van der Waals surface area contributed by atoms with Gasteiger partial charge in [0.2, 0.25) is 5.91 Å². The molecule has 0 N–H and O–H groups in total. The third-order valence-corrected chi connectivity index (χ3v) is 5.68. The molecule has 1 aliphatic heterocycles. The molecule has 2 heterocycles. The average Bonchev–Trinajstić information content (AvgIpc) is 2.83. The molecule has 3 aliphatic carbocycles. The van der Waals surface area contributed by atoms with Crippen molar-refractivity contribution in [2.24, 2.45) is 11.3 Å². The monoisotopic (exact) mass is 273 g/mol. The van der Waals surface area contributed by atoms with E-state index in [0.29, 0.717) is 5.91 Å². The maximum absolute atomic E-state index is 12.9. The van der Waals surface area contributed by atoms with Crippen LogP contribution in [-0.2, 0) is 11.3 Å². The first kappa shape index (κ1) is 12.4. The van der Waals surface area contributed by atoms with Gasteiger partial charge in [0.05, 0.1) is 29.7 Å². The van der Waals surface area contributed by atoms with Crippen molar-refractivity contribution in [2.75, 3.05) is 6.54 Å². The average molecular weight is 273 g/mol. The van der Waals surface area contributed by atoms with E-state index in [1.165, 1.54) is 12.1 Å². The van der Waals surface area contributed by atoms with Crippen LogP contribution in [0.1, 0.15) is 57.2 Å². The summed E-state index contributed by atoms with van der Waals surface area (Å²) < 4.78 is 2.19. The Morgan fingerprint density at radius 2 is 2.20 bits per heavy atom. The van der Waals surface area contributed by atoms with Crippen LogP contribution in [0.25, 0.3) is 0 Å². The van der Waals surface area contributed by atoms with Gasteiger partial charge < -0.3 is 9.47 Å². The lowest BCUT2D eigenvalue weighted by Crippen LogP contribution is -2.62. The fraction of sp³-hybridized carbons (Fsp3) is 0.750. The Balaban J connectivity index is 1.61. The molecule has 0 radical (unpaired) electrons. The van der Waals surface area contributed by atoms with Crippen molar-refractivity contribution in [3.63, 3.8) is 0 Å². The summed E-state index contributed by atoms with van der Waals surface area (Å²) in [6.07, 6.45) is 10.8. The van der Waals surface area contributed by atoms with Crippen molar-refractivity contribution in [1.29, 1.82) is 0 Å². The van der Waals surface area contributed by atoms with Gasteiger partial charge in [0.1, 0.15) is 0 Å². The SMILES string of the molecule is CCn1cncc1[C@@H]1CCCCN1C(=O)C12CC(C1)C2. The zero-order valence-corrected chi connectivity index (χ0v) is 12.2. The van der Waals surface area contributed by atoms with Crippen molar-refractivity contribution in [3.05, 3.63) is 18.2 Å². The third kappa shape index (κ3) is 1.60. The molecular weight excluding hydrogens is 250 g/mol. The molecule has 1 aromatic rings. The fourth-order valence-electron chi connectivity index (χ4n) is 4.40. The maximum atomic E-state index is 12.9. The summed E-state index contributed by atoms with van der Waals surface area (Å²) in [6.45, 7) is 4.01. The second-order valence-corrected chi connectivity index (χ2v) is 6.87. The van der Waals surface area contributed by atoms with Gasteiger partial charge in [-0.2, -0.15) is 0 Å². The minimum absolute atomic E-state index is 0.0529. The Morgan fingerprint density at radius 1 is 1.40 bits per heavy atom. The first-order valence-corrected chi connectivity index (χ1v) is 8.04. The first-order chi connectivity index (χ1) is 9.73. The predicted molar refractivity (Wildman–Crippen MR) is 76.0 cm³/mol. The summed E-state index contributed by atoms with van der Waals surface area (Å²) in [4.78, 5) is 19.4. The Hall–Kier alpha value is -1.32. The van der Waals surface area contributed by atoms with Crippen molar-refractivity contribution in [1.82, 2.24) is 14.5 Å². The number of aromatic nitrogens is 2. The molecule has 4 heteroatoms.